The van der Waals surface area contributed by atoms with Crippen molar-refractivity contribution < 1.29 is 99.9 Å². The van der Waals surface area contributed by atoms with Crippen molar-refractivity contribution in [2.75, 3.05) is 264 Å². The van der Waals surface area contributed by atoms with Gasteiger partial charge in [-0.3, -0.25) is 0 Å². The Hall–Kier alpha value is -1.53. The van der Waals surface area contributed by atoms with E-state index in [0.717, 1.165) is 0 Å². The molecule has 0 unspecified atom stereocenters. The lowest BCUT2D eigenvalue weighted by molar-refractivity contribution is -0.0312. The van der Waals surface area contributed by atoms with Crippen LogP contribution in [0.5, 0.6) is 0 Å². The van der Waals surface area contributed by atoms with Gasteiger partial charge in [-0.1, -0.05) is 0 Å². The molecule has 0 aliphatic heterocycles. The van der Waals surface area contributed by atoms with Crippen LogP contribution >= 0.6 is 0 Å². The van der Waals surface area contributed by atoms with Gasteiger partial charge in [-0.2, -0.15) is 0 Å². The number of amides is 1. The lowest BCUT2D eigenvalue weighted by Gasteiger charge is -2.09. The summed E-state index contributed by atoms with van der Waals surface area (Å²) in [4.78, 5) is 10.3. The molecule has 0 saturated carbocycles. The Balaban J connectivity index is 3.07. The Morgan fingerprint density at radius 1 is 0.250 bits per heavy atom. The normalized spacial score (nSPS) is 11.6. The molecule has 0 heterocycles. The summed E-state index contributed by atoms with van der Waals surface area (Å²) >= 11 is 0. The Bertz CT molecular complexity index is 864. The summed E-state index contributed by atoms with van der Waals surface area (Å²) in [5.41, 5.74) is 5.34. The summed E-state index contributed by atoms with van der Waals surface area (Å²) in [6.45, 7) is 19.1. The predicted molar refractivity (Wildman–Crippen MR) is 231 cm³/mol. The summed E-state index contributed by atoms with van der Waals surface area (Å²) < 4.78 is 103. The topological polar surface area (TPSA) is 251 Å². The first-order valence-corrected chi connectivity index (χ1v) is 22.4. The van der Waals surface area contributed by atoms with Crippen LogP contribution in [-0.4, -0.2) is 275 Å². The average molecular weight is 941 g/mol. The smallest absolute Gasteiger partial charge is 0.404 e. The fourth-order valence-electron chi connectivity index (χ4n) is 4.37. The first-order valence-electron chi connectivity index (χ1n) is 22.4. The molecular weight excluding hydrogens is 856 g/mol. The molecule has 0 aromatic heterocycles. The number of hydrogen-bond donors (Lipinski definition) is 3. The van der Waals surface area contributed by atoms with Crippen molar-refractivity contribution in [3.05, 3.63) is 0 Å². The average Bonchev–Trinajstić information content (AvgIpc) is 3.29. The van der Waals surface area contributed by atoms with Gasteiger partial charge in [0.2, 0.25) is 0 Å². The predicted octanol–water partition coefficient (Wildman–Crippen LogP) is -0.472. The maximum absolute atomic E-state index is 10.3. The molecule has 0 rings (SSSR count). The summed E-state index contributed by atoms with van der Waals surface area (Å²) in [7, 11) is 0. The van der Waals surface area contributed by atoms with Gasteiger partial charge in [-0.25, -0.2) is 4.79 Å². The molecule has 0 aromatic carbocycles. The molecule has 0 atom stereocenters. The highest BCUT2D eigenvalue weighted by Crippen LogP contribution is 1.89. The number of carboxylic acid groups (broad SMARTS) is 1. The van der Waals surface area contributed by atoms with Crippen molar-refractivity contribution in [3.63, 3.8) is 0 Å². The highest BCUT2D eigenvalue weighted by Gasteiger charge is 1.99. The van der Waals surface area contributed by atoms with Crippen LogP contribution in [0, 0.1) is 0 Å². The van der Waals surface area contributed by atoms with Crippen molar-refractivity contribution in [1.29, 1.82) is 0 Å². The Labute approximate surface area is 380 Å². The molecule has 0 aliphatic rings. The van der Waals surface area contributed by atoms with Crippen LogP contribution in [0.25, 0.3) is 0 Å². The molecule has 0 saturated heterocycles. The maximum Gasteiger partial charge on any atom is 0.404 e. The third-order valence-corrected chi connectivity index (χ3v) is 7.48. The van der Waals surface area contributed by atoms with E-state index in [1.807, 2.05) is 0 Å². The van der Waals surface area contributed by atoms with Crippen LogP contribution in [0.4, 0.5) is 4.79 Å². The molecule has 0 radical (unpaired) electrons. The van der Waals surface area contributed by atoms with Gasteiger partial charge in [0, 0.05) is 13.1 Å². The van der Waals surface area contributed by atoms with E-state index in [-0.39, 0.29) is 6.54 Å². The number of hydrogen-bond acceptors (Lipinski definition) is 21. The zero-order valence-electron chi connectivity index (χ0n) is 38.5. The second-order valence-electron chi connectivity index (χ2n) is 12.7. The van der Waals surface area contributed by atoms with E-state index in [9.17, 15) is 4.79 Å². The van der Waals surface area contributed by atoms with Crippen molar-refractivity contribution in [1.82, 2.24) is 5.32 Å². The summed E-state index contributed by atoms with van der Waals surface area (Å²) in [5, 5.41) is 10.6. The second kappa shape index (κ2) is 59.5. The monoisotopic (exact) mass is 941 g/mol. The molecule has 0 spiro atoms. The number of nitrogens with two attached hydrogens (primary N) is 1. The van der Waals surface area contributed by atoms with Crippen molar-refractivity contribution in [3.8, 4) is 0 Å². The minimum atomic E-state index is -1.07. The van der Waals surface area contributed by atoms with Crippen LogP contribution in [0.2, 0.25) is 0 Å². The Morgan fingerprint density at radius 2 is 0.375 bits per heavy atom. The Kier molecular flexibility index (Phi) is 58.1. The van der Waals surface area contributed by atoms with Crippen LogP contribution < -0.4 is 11.1 Å². The van der Waals surface area contributed by atoms with Crippen LogP contribution in [-0.2, 0) is 90.0 Å². The van der Waals surface area contributed by atoms with Gasteiger partial charge in [0.15, 0.2) is 0 Å². The first-order chi connectivity index (χ1) is 31.8. The number of nitrogens with one attached hydrogen (secondary N) is 1. The van der Waals surface area contributed by atoms with Crippen molar-refractivity contribution >= 4 is 6.09 Å². The fourth-order valence-corrected chi connectivity index (χ4v) is 4.37. The molecule has 64 heavy (non-hydrogen) atoms. The minimum Gasteiger partial charge on any atom is -0.465 e. The molecular formula is C41H84N2O21. The van der Waals surface area contributed by atoms with Gasteiger partial charge >= 0.3 is 6.09 Å². The van der Waals surface area contributed by atoms with Crippen molar-refractivity contribution in [2.24, 2.45) is 5.73 Å². The molecule has 0 bridgehead atoms. The van der Waals surface area contributed by atoms with E-state index in [1.165, 1.54) is 0 Å². The quantitative estimate of drug-likeness (QED) is 0.0652. The summed E-state index contributed by atoms with van der Waals surface area (Å²) in [5.74, 6) is 0. The van der Waals surface area contributed by atoms with Crippen LogP contribution in [0.1, 0.15) is 0 Å². The van der Waals surface area contributed by atoms with Crippen molar-refractivity contribution in [2.45, 2.75) is 0 Å². The zero-order valence-corrected chi connectivity index (χ0v) is 38.5. The van der Waals surface area contributed by atoms with E-state index in [1.54, 1.807) is 0 Å². The molecule has 384 valence electrons. The number of rotatable bonds is 59. The van der Waals surface area contributed by atoms with Gasteiger partial charge in [0.1, 0.15) is 0 Å². The Morgan fingerprint density at radius 3 is 0.500 bits per heavy atom. The zero-order chi connectivity index (χ0) is 46.0. The van der Waals surface area contributed by atoms with E-state index in [0.29, 0.717) is 258 Å². The van der Waals surface area contributed by atoms with Gasteiger partial charge in [0.05, 0.1) is 251 Å². The third-order valence-electron chi connectivity index (χ3n) is 7.48. The lowest BCUT2D eigenvalue weighted by Crippen LogP contribution is -2.25. The third kappa shape index (κ3) is 60.5. The molecule has 1 amide bonds. The van der Waals surface area contributed by atoms with E-state index in [4.69, 9.17) is 101 Å². The SMILES string of the molecule is NCCOCCOCCOCCOCCOCCOCCOCCOCCOCCOCCOCCOCCOCCOCCOCCOCCOCCOCCOCCNC(=O)O. The molecule has 23 heteroatoms. The summed E-state index contributed by atoms with van der Waals surface area (Å²) in [6.07, 6.45) is -1.07. The largest absolute Gasteiger partial charge is 0.465 e. The van der Waals surface area contributed by atoms with Gasteiger partial charge < -0.3 is 106 Å². The molecule has 0 fully saturated rings. The van der Waals surface area contributed by atoms with Gasteiger partial charge in [0.25, 0.3) is 0 Å². The van der Waals surface area contributed by atoms with E-state index in [2.05, 4.69) is 5.32 Å². The number of ether oxygens (including phenoxy) is 19. The van der Waals surface area contributed by atoms with E-state index >= 15 is 0 Å². The summed E-state index contributed by atoms with van der Waals surface area (Å²) in [6, 6.07) is 0. The highest BCUT2D eigenvalue weighted by molar-refractivity contribution is 5.64. The lowest BCUT2D eigenvalue weighted by atomic mass is 10.6. The molecule has 0 aliphatic carbocycles. The molecule has 23 nitrogen and oxygen atoms in total. The van der Waals surface area contributed by atoms with Gasteiger partial charge in [-0.05, 0) is 0 Å². The first kappa shape index (κ1) is 62.5. The second-order valence-corrected chi connectivity index (χ2v) is 12.7. The minimum absolute atomic E-state index is 0.252. The van der Waals surface area contributed by atoms with Crippen LogP contribution in [0.15, 0.2) is 0 Å². The standard InChI is InChI=1S/C41H84N2O21/c42-1-3-46-5-7-48-9-11-50-13-15-52-17-19-54-21-23-56-25-27-58-29-31-60-33-35-62-37-39-64-40-38-63-36-34-61-32-30-59-28-26-57-24-22-55-20-18-53-16-14-51-12-10-49-8-6-47-4-2-43-41(44)45/h43H,1-40,42H2,(H,44,45). The number of carbonyl (C=O) groups is 1. The molecule has 0 aromatic rings. The van der Waals surface area contributed by atoms with E-state index < -0.39 is 6.09 Å². The highest BCUT2D eigenvalue weighted by atomic mass is 16.6. The fraction of sp³-hybridized carbons (Fsp3) is 0.976. The molecule has 4 N–H and O–H groups in total. The maximum atomic E-state index is 10.3. The van der Waals surface area contributed by atoms with Gasteiger partial charge in [-0.15, -0.1) is 0 Å². The van der Waals surface area contributed by atoms with Crippen LogP contribution in [0.3, 0.4) is 0 Å².